The number of aryl methyl sites for hydroxylation is 1. The van der Waals surface area contributed by atoms with Crippen LogP contribution in [0.25, 0.3) is 0 Å². The van der Waals surface area contributed by atoms with E-state index in [4.69, 9.17) is 5.21 Å². The van der Waals surface area contributed by atoms with Gasteiger partial charge >= 0.3 is 0 Å². The molecule has 3 aromatic rings. The van der Waals surface area contributed by atoms with Gasteiger partial charge in [-0.2, -0.15) is 0 Å². The maximum Gasteiger partial charge on any atom is 0.267 e. The van der Waals surface area contributed by atoms with E-state index in [1.807, 2.05) is 42.1 Å². The summed E-state index contributed by atoms with van der Waals surface area (Å²) in [6.07, 6.45) is 3.71. The molecule has 2 aromatic carbocycles. The minimum absolute atomic E-state index is 0.376. The summed E-state index contributed by atoms with van der Waals surface area (Å²) in [5.41, 5.74) is 4.77. The topological polar surface area (TPSA) is 120 Å². The predicted octanol–water partition coefficient (Wildman–Crippen LogP) is 1.32. The highest BCUT2D eigenvalue weighted by Crippen LogP contribution is 2.07. The van der Waals surface area contributed by atoms with Gasteiger partial charge in [-0.05, 0) is 55.9 Å². The Morgan fingerprint density at radius 1 is 1.03 bits per heavy atom. The number of likely N-dealkylation sites (N-methyl/N-ethyl adjacent to an activating group) is 1. The third kappa shape index (κ3) is 7.25. The Morgan fingerprint density at radius 3 is 2.20 bits per heavy atom. The summed E-state index contributed by atoms with van der Waals surface area (Å²) in [6.45, 7) is 3.16. The molecule has 2 amide bonds. The van der Waals surface area contributed by atoms with E-state index < -0.39 is 17.9 Å². The van der Waals surface area contributed by atoms with Gasteiger partial charge in [0.05, 0.1) is 6.54 Å². The highest BCUT2D eigenvalue weighted by atomic mass is 16.5. The molecule has 0 bridgehead atoms. The van der Waals surface area contributed by atoms with Gasteiger partial charge in [-0.1, -0.05) is 24.0 Å². The number of aromatic nitrogens is 2. The molecule has 0 radical (unpaired) electrons. The molecule has 1 aromatic heterocycles. The van der Waals surface area contributed by atoms with Gasteiger partial charge in [0, 0.05) is 48.7 Å². The Labute approximate surface area is 204 Å². The lowest BCUT2D eigenvalue weighted by Gasteiger charge is -2.22. The molecular weight excluding hydrogens is 444 g/mol. The first-order chi connectivity index (χ1) is 16.9. The number of hydrogen-bond acceptors (Lipinski definition) is 6. The van der Waals surface area contributed by atoms with Crippen LogP contribution in [-0.2, 0) is 24.9 Å². The molecule has 2 unspecified atom stereocenters. The number of amides is 2. The van der Waals surface area contributed by atoms with E-state index in [0.29, 0.717) is 12.1 Å². The fourth-order valence-corrected chi connectivity index (χ4v) is 3.32. The van der Waals surface area contributed by atoms with Crippen LogP contribution in [0.4, 0.5) is 0 Å². The molecule has 0 aliphatic rings. The van der Waals surface area contributed by atoms with Crippen LogP contribution in [0.3, 0.4) is 0 Å². The summed E-state index contributed by atoms with van der Waals surface area (Å²) in [6, 6.07) is 13.5. The molecule has 0 saturated heterocycles. The number of rotatable bonds is 9. The van der Waals surface area contributed by atoms with Crippen molar-refractivity contribution in [3.63, 3.8) is 0 Å². The average molecular weight is 475 g/mol. The molecular formula is C26H30N6O3. The SMILES string of the molecule is CNC(C)C(NC(=O)c1ccc(C#Cc2ccc(CNCc3nccn3C)cc2)cc1)C(=O)NO. The lowest BCUT2D eigenvalue weighted by molar-refractivity contribution is -0.131. The Balaban J connectivity index is 1.55. The lowest BCUT2D eigenvalue weighted by atomic mass is 10.1. The van der Waals surface area contributed by atoms with Gasteiger partial charge < -0.3 is 20.5 Å². The number of nitrogens with zero attached hydrogens (tertiary/aromatic N) is 2. The molecule has 35 heavy (non-hydrogen) atoms. The van der Waals surface area contributed by atoms with Crippen molar-refractivity contribution in [2.45, 2.75) is 32.1 Å². The smallest absolute Gasteiger partial charge is 0.267 e. The van der Waals surface area contributed by atoms with Crippen molar-refractivity contribution in [3.8, 4) is 11.8 Å². The maximum absolute atomic E-state index is 12.5. The Hall–Kier alpha value is -3.97. The minimum atomic E-state index is -0.926. The first kappa shape index (κ1) is 25.6. The predicted molar refractivity (Wildman–Crippen MR) is 132 cm³/mol. The molecule has 0 aliphatic heterocycles. The normalized spacial score (nSPS) is 12.2. The quantitative estimate of drug-likeness (QED) is 0.181. The summed E-state index contributed by atoms with van der Waals surface area (Å²) < 4.78 is 1.99. The summed E-state index contributed by atoms with van der Waals surface area (Å²) in [4.78, 5) is 28.7. The highest BCUT2D eigenvalue weighted by Gasteiger charge is 2.26. The fourth-order valence-electron chi connectivity index (χ4n) is 3.32. The van der Waals surface area contributed by atoms with Crippen LogP contribution in [0.2, 0.25) is 0 Å². The number of carbonyl (C=O) groups excluding carboxylic acids is 2. The zero-order chi connectivity index (χ0) is 25.2. The molecule has 9 heteroatoms. The zero-order valence-electron chi connectivity index (χ0n) is 20.0. The number of hydrogen-bond donors (Lipinski definition) is 5. The number of imidazole rings is 1. The zero-order valence-corrected chi connectivity index (χ0v) is 20.0. The van der Waals surface area contributed by atoms with Crippen molar-refractivity contribution >= 4 is 11.8 Å². The fraction of sp³-hybridized carbons (Fsp3) is 0.269. The highest BCUT2D eigenvalue weighted by molar-refractivity contribution is 5.97. The number of carbonyl (C=O) groups is 2. The van der Waals surface area contributed by atoms with Crippen LogP contribution in [0, 0.1) is 11.8 Å². The van der Waals surface area contributed by atoms with Crippen molar-refractivity contribution < 1.29 is 14.8 Å². The maximum atomic E-state index is 12.5. The van der Waals surface area contributed by atoms with E-state index >= 15 is 0 Å². The van der Waals surface area contributed by atoms with Crippen molar-refractivity contribution in [1.29, 1.82) is 0 Å². The van der Waals surface area contributed by atoms with Gasteiger partial charge in [0.2, 0.25) is 0 Å². The van der Waals surface area contributed by atoms with Crippen LogP contribution in [0.5, 0.6) is 0 Å². The molecule has 9 nitrogen and oxygen atoms in total. The van der Waals surface area contributed by atoms with Crippen LogP contribution in [-0.4, -0.2) is 45.7 Å². The Morgan fingerprint density at radius 2 is 1.66 bits per heavy atom. The van der Waals surface area contributed by atoms with Crippen LogP contribution >= 0.6 is 0 Å². The number of nitrogens with one attached hydrogen (secondary N) is 4. The molecule has 0 aliphatic carbocycles. The van der Waals surface area contributed by atoms with Crippen molar-refractivity contribution in [2.75, 3.05) is 7.05 Å². The van der Waals surface area contributed by atoms with E-state index in [-0.39, 0.29) is 6.04 Å². The molecule has 3 rings (SSSR count). The summed E-state index contributed by atoms with van der Waals surface area (Å²) >= 11 is 0. The van der Waals surface area contributed by atoms with E-state index in [1.54, 1.807) is 49.9 Å². The molecule has 182 valence electrons. The van der Waals surface area contributed by atoms with Crippen molar-refractivity contribution in [2.24, 2.45) is 7.05 Å². The lowest BCUT2D eigenvalue weighted by Crippen LogP contribution is -2.55. The number of hydroxylamine groups is 1. The van der Waals surface area contributed by atoms with Crippen LogP contribution in [0.15, 0.2) is 60.9 Å². The Kier molecular flexibility index (Phi) is 9.15. The van der Waals surface area contributed by atoms with Gasteiger partial charge in [0.25, 0.3) is 11.8 Å². The van der Waals surface area contributed by atoms with E-state index in [0.717, 1.165) is 29.1 Å². The van der Waals surface area contributed by atoms with E-state index in [2.05, 4.69) is 32.8 Å². The third-order valence-corrected chi connectivity index (χ3v) is 5.62. The number of benzene rings is 2. The van der Waals surface area contributed by atoms with E-state index in [9.17, 15) is 9.59 Å². The molecule has 5 N–H and O–H groups in total. The monoisotopic (exact) mass is 474 g/mol. The second kappa shape index (κ2) is 12.5. The summed E-state index contributed by atoms with van der Waals surface area (Å²) in [5, 5.41) is 17.8. The second-order valence-electron chi connectivity index (χ2n) is 8.09. The summed E-state index contributed by atoms with van der Waals surface area (Å²) in [5.74, 6) is 6.09. The van der Waals surface area contributed by atoms with Crippen LogP contribution < -0.4 is 21.4 Å². The van der Waals surface area contributed by atoms with Gasteiger partial charge in [-0.25, -0.2) is 10.5 Å². The molecule has 1 heterocycles. The standard InChI is InChI=1S/C26H30N6O3/c1-18(27-2)24(26(34)31-35)30-25(33)22-12-10-20(11-13-22)5-4-19-6-8-21(9-7-19)16-28-17-23-29-14-15-32(23)3/h6-15,18,24,27-28,35H,16-17H2,1-3H3,(H,30,33)(H,31,34). The Bertz CT molecular complexity index is 1190. The molecule has 0 saturated carbocycles. The van der Waals surface area contributed by atoms with Gasteiger partial charge in [0.15, 0.2) is 0 Å². The molecule has 2 atom stereocenters. The second-order valence-corrected chi connectivity index (χ2v) is 8.09. The first-order valence-electron chi connectivity index (χ1n) is 11.2. The average Bonchev–Trinajstić information content (AvgIpc) is 3.30. The van der Waals surface area contributed by atoms with Gasteiger partial charge in [-0.3, -0.25) is 14.8 Å². The third-order valence-electron chi connectivity index (χ3n) is 5.62. The van der Waals surface area contributed by atoms with E-state index in [1.165, 1.54) is 0 Å². The summed E-state index contributed by atoms with van der Waals surface area (Å²) in [7, 11) is 3.63. The molecule has 0 fully saturated rings. The van der Waals surface area contributed by atoms with Crippen LogP contribution in [0.1, 0.15) is 39.8 Å². The van der Waals surface area contributed by atoms with Crippen molar-refractivity contribution in [3.05, 3.63) is 89.0 Å². The molecule has 0 spiro atoms. The first-order valence-corrected chi connectivity index (χ1v) is 11.2. The van der Waals surface area contributed by atoms with Gasteiger partial charge in [-0.15, -0.1) is 0 Å². The minimum Gasteiger partial charge on any atom is -0.339 e. The van der Waals surface area contributed by atoms with Crippen molar-refractivity contribution in [1.82, 2.24) is 31.0 Å². The largest absolute Gasteiger partial charge is 0.339 e. The van der Waals surface area contributed by atoms with Gasteiger partial charge in [0.1, 0.15) is 11.9 Å².